The molecule has 3 aromatic rings. The number of carbonyl (C=O) groups excluding carboxylic acids is 1. The zero-order chi connectivity index (χ0) is 23.9. The van der Waals surface area contributed by atoms with Gasteiger partial charge in [-0.25, -0.2) is 0 Å². The fourth-order valence-corrected chi connectivity index (χ4v) is 4.45. The van der Waals surface area contributed by atoms with E-state index in [2.05, 4.69) is 30.6 Å². The minimum absolute atomic E-state index is 0.0843. The van der Waals surface area contributed by atoms with Crippen molar-refractivity contribution in [3.8, 4) is 0 Å². The van der Waals surface area contributed by atoms with E-state index in [0.717, 1.165) is 10.9 Å². The Bertz CT molecular complexity index is 1190. The third-order valence-corrected chi connectivity index (χ3v) is 6.39. The molecule has 5 rings (SSSR count). The van der Waals surface area contributed by atoms with Crippen LogP contribution in [0.25, 0.3) is 10.9 Å². The molecule has 2 atom stereocenters. The highest BCUT2D eigenvalue weighted by atomic mass is 35.5. The molecule has 1 aliphatic carbocycles. The molecule has 180 valence electrons. The Morgan fingerprint density at radius 2 is 1.97 bits per heavy atom. The fraction of sp³-hybridized carbons (Fsp3) is 0.455. The van der Waals surface area contributed by atoms with Gasteiger partial charge in [0.2, 0.25) is 11.8 Å². The summed E-state index contributed by atoms with van der Waals surface area (Å²) in [5.41, 5.74) is 1.18. The molecule has 1 aliphatic heterocycles. The highest BCUT2D eigenvalue weighted by Crippen LogP contribution is 2.41. The Balaban J connectivity index is 1.12. The molecular formula is C22H21ClF3N5O3. The highest BCUT2D eigenvalue weighted by molar-refractivity contribution is 6.31. The van der Waals surface area contributed by atoms with Gasteiger partial charge < -0.3 is 15.1 Å². The van der Waals surface area contributed by atoms with Crippen molar-refractivity contribution >= 4 is 28.4 Å². The molecule has 3 heterocycles. The SMILES string of the molecule is O=C(N[C@H]1CC[C@H](c2nnc([C@H]3C[C@@H](OC(F)(F)F)C3)o2)NC1)c1cnc2cc(Cl)ccc2c1. The second-order valence-electron chi connectivity index (χ2n) is 8.60. The third-order valence-electron chi connectivity index (χ3n) is 6.16. The van der Waals surface area contributed by atoms with Crippen molar-refractivity contribution in [2.45, 2.75) is 56.2 Å². The molecule has 2 N–H and O–H groups in total. The lowest BCUT2D eigenvalue weighted by molar-refractivity contribution is -0.352. The Hall–Kier alpha value is -2.76. The number of halogens is 4. The van der Waals surface area contributed by atoms with Crippen molar-refractivity contribution in [3.05, 3.63) is 52.8 Å². The van der Waals surface area contributed by atoms with Crippen LogP contribution in [-0.2, 0) is 4.74 Å². The lowest BCUT2D eigenvalue weighted by atomic mass is 9.82. The van der Waals surface area contributed by atoms with Crippen LogP contribution in [0, 0.1) is 0 Å². The summed E-state index contributed by atoms with van der Waals surface area (Å²) in [6, 6.07) is 6.83. The normalized spacial score (nSPS) is 25.2. The topological polar surface area (TPSA) is 102 Å². The average Bonchev–Trinajstić information content (AvgIpc) is 3.25. The van der Waals surface area contributed by atoms with E-state index in [1.54, 1.807) is 18.2 Å². The van der Waals surface area contributed by atoms with Gasteiger partial charge in [0.1, 0.15) is 0 Å². The number of hydrogen-bond acceptors (Lipinski definition) is 7. The van der Waals surface area contributed by atoms with Crippen LogP contribution in [0.5, 0.6) is 0 Å². The second kappa shape index (κ2) is 9.12. The molecule has 2 aliphatic rings. The van der Waals surface area contributed by atoms with E-state index >= 15 is 0 Å². The number of hydrogen-bond donors (Lipinski definition) is 2. The van der Waals surface area contributed by atoms with Gasteiger partial charge in [-0.3, -0.25) is 14.5 Å². The fourth-order valence-electron chi connectivity index (χ4n) is 4.28. The van der Waals surface area contributed by atoms with Crippen molar-refractivity contribution in [2.24, 2.45) is 0 Å². The van der Waals surface area contributed by atoms with Crippen LogP contribution in [0.1, 0.15) is 59.8 Å². The van der Waals surface area contributed by atoms with Crippen molar-refractivity contribution < 1.29 is 27.1 Å². The number of piperidine rings is 1. The molecule has 12 heteroatoms. The zero-order valence-corrected chi connectivity index (χ0v) is 18.6. The minimum atomic E-state index is -4.63. The summed E-state index contributed by atoms with van der Waals surface area (Å²) in [5.74, 6) is 0.294. The van der Waals surface area contributed by atoms with Crippen LogP contribution < -0.4 is 10.6 Å². The first-order valence-electron chi connectivity index (χ1n) is 10.9. The molecule has 1 amide bonds. The maximum atomic E-state index is 12.7. The largest absolute Gasteiger partial charge is 0.522 e. The summed E-state index contributed by atoms with van der Waals surface area (Å²) in [7, 11) is 0. The van der Waals surface area contributed by atoms with Crippen LogP contribution in [0.15, 0.2) is 34.9 Å². The number of rotatable bonds is 5. The van der Waals surface area contributed by atoms with Gasteiger partial charge in [0, 0.05) is 35.1 Å². The third kappa shape index (κ3) is 5.16. The second-order valence-corrected chi connectivity index (χ2v) is 9.04. The molecule has 2 fully saturated rings. The van der Waals surface area contributed by atoms with E-state index in [4.69, 9.17) is 16.0 Å². The monoisotopic (exact) mass is 495 g/mol. The van der Waals surface area contributed by atoms with Gasteiger partial charge in [0.25, 0.3) is 5.91 Å². The number of nitrogens with zero attached hydrogens (tertiary/aromatic N) is 3. The average molecular weight is 496 g/mol. The lowest BCUT2D eigenvalue weighted by Crippen LogP contribution is -2.46. The number of nitrogens with one attached hydrogen (secondary N) is 2. The minimum Gasteiger partial charge on any atom is -0.423 e. The molecule has 1 saturated carbocycles. The smallest absolute Gasteiger partial charge is 0.423 e. The maximum absolute atomic E-state index is 12.7. The van der Waals surface area contributed by atoms with Gasteiger partial charge in [-0.2, -0.15) is 0 Å². The highest BCUT2D eigenvalue weighted by Gasteiger charge is 2.42. The predicted molar refractivity (Wildman–Crippen MR) is 115 cm³/mol. The summed E-state index contributed by atoms with van der Waals surface area (Å²) in [4.78, 5) is 17.0. The van der Waals surface area contributed by atoms with Crippen LogP contribution in [0.3, 0.4) is 0 Å². The Morgan fingerprint density at radius 1 is 1.18 bits per heavy atom. The Morgan fingerprint density at radius 3 is 2.71 bits per heavy atom. The van der Waals surface area contributed by atoms with E-state index in [9.17, 15) is 18.0 Å². The van der Waals surface area contributed by atoms with Gasteiger partial charge in [-0.05, 0) is 43.9 Å². The number of amides is 1. The van der Waals surface area contributed by atoms with Crippen molar-refractivity contribution in [1.29, 1.82) is 0 Å². The van der Waals surface area contributed by atoms with Gasteiger partial charge >= 0.3 is 6.36 Å². The predicted octanol–water partition coefficient (Wildman–Crippen LogP) is 4.28. The molecule has 2 aromatic heterocycles. The summed E-state index contributed by atoms with van der Waals surface area (Å²) in [5, 5.41) is 15.8. The van der Waals surface area contributed by atoms with E-state index in [1.165, 1.54) is 6.20 Å². The maximum Gasteiger partial charge on any atom is 0.522 e. The Labute approximate surface area is 197 Å². The van der Waals surface area contributed by atoms with Gasteiger partial charge in [-0.15, -0.1) is 23.4 Å². The molecule has 34 heavy (non-hydrogen) atoms. The number of fused-ring (bicyclic) bond motifs is 1. The molecule has 1 aromatic carbocycles. The molecular weight excluding hydrogens is 475 g/mol. The number of ether oxygens (including phenoxy) is 1. The quantitative estimate of drug-likeness (QED) is 0.544. The molecule has 8 nitrogen and oxygen atoms in total. The van der Waals surface area contributed by atoms with Crippen molar-refractivity contribution in [1.82, 2.24) is 25.8 Å². The molecule has 1 saturated heterocycles. The number of pyridine rings is 1. The van der Waals surface area contributed by atoms with E-state index < -0.39 is 12.5 Å². The van der Waals surface area contributed by atoms with E-state index in [0.29, 0.717) is 41.8 Å². The van der Waals surface area contributed by atoms with E-state index in [-0.39, 0.29) is 36.8 Å². The standard InChI is InChI=1S/C22H21ClF3N5O3/c23-14-2-1-11-5-13(9-27-18(11)8-14)19(32)29-15-3-4-17(28-10-15)21-31-30-20(33-21)12-6-16(7-12)34-22(24,25)26/h1-2,5,8-9,12,15-17,28H,3-4,6-7,10H2,(H,29,32)/t12-,15-,16+,17+/m0/s1. The van der Waals surface area contributed by atoms with Crippen LogP contribution >= 0.6 is 11.6 Å². The number of alkyl halides is 3. The molecule has 0 spiro atoms. The van der Waals surface area contributed by atoms with Crippen LogP contribution in [-0.4, -0.2) is 46.1 Å². The number of benzene rings is 1. The summed E-state index contributed by atoms with van der Waals surface area (Å²) in [6.45, 7) is 0.510. The number of carbonyl (C=O) groups is 1. The van der Waals surface area contributed by atoms with Crippen molar-refractivity contribution in [3.63, 3.8) is 0 Å². The van der Waals surface area contributed by atoms with Gasteiger partial charge in [-0.1, -0.05) is 17.7 Å². The van der Waals surface area contributed by atoms with Gasteiger partial charge in [0.15, 0.2) is 0 Å². The van der Waals surface area contributed by atoms with Gasteiger partial charge in [0.05, 0.1) is 23.2 Å². The first-order chi connectivity index (χ1) is 16.2. The van der Waals surface area contributed by atoms with Crippen LogP contribution in [0.2, 0.25) is 5.02 Å². The number of aromatic nitrogens is 3. The summed E-state index contributed by atoms with van der Waals surface area (Å²) in [6.07, 6.45) is -2.22. The zero-order valence-electron chi connectivity index (χ0n) is 17.8. The molecule has 0 radical (unpaired) electrons. The first kappa shape index (κ1) is 23.0. The first-order valence-corrected chi connectivity index (χ1v) is 11.3. The van der Waals surface area contributed by atoms with Crippen molar-refractivity contribution in [2.75, 3.05) is 6.54 Å². The van der Waals surface area contributed by atoms with E-state index in [1.807, 2.05) is 6.07 Å². The lowest BCUT2D eigenvalue weighted by Gasteiger charge is -2.33. The molecule has 0 bridgehead atoms. The summed E-state index contributed by atoms with van der Waals surface area (Å²) >= 11 is 5.98. The summed E-state index contributed by atoms with van der Waals surface area (Å²) < 4.78 is 46.5. The van der Waals surface area contributed by atoms with Crippen LogP contribution in [0.4, 0.5) is 13.2 Å². The Kier molecular flexibility index (Phi) is 6.17. The molecule has 0 unspecified atom stereocenters.